The monoisotopic (exact) mass is 297 g/mol. The summed E-state index contributed by atoms with van der Waals surface area (Å²) in [5.41, 5.74) is 3.45. The Kier molecular flexibility index (Phi) is 4.02. The Balaban J connectivity index is 1.76. The average molecular weight is 298 g/mol. The number of nitrogens with zero attached hydrogens (tertiary/aromatic N) is 2. The summed E-state index contributed by atoms with van der Waals surface area (Å²) in [6.07, 6.45) is 0.942. The predicted octanol–water partition coefficient (Wildman–Crippen LogP) is 4.25. The van der Waals surface area contributed by atoms with Crippen LogP contribution < -0.4 is 5.32 Å². The molecule has 3 rings (SSSR count). The molecule has 21 heavy (non-hydrogen) atoms. The first-order valence-electron chi connectivity index (χ1n) is 6.94. The van der Waals surface area contributed by atoms with Gasteiger partial charge in [-0.25, -0.2) is 9.97 Å². The van der Waals surface area contributed by atoms with Gasteiger partial charge in [-0.3, -0.25) is 0 Å². The van der Waals surface area contributed by atoms with Crippen molar-refractivity contribution in [2.24, 2.45) is 0 Å². The first kappa shape index (κ1) is 13.8. The molecule has 1 N–H and O–H groups in total. The Hall–Kier alpha value is -2.13. The molecule has 3 aromatic rings. The summed E-state index contributed by atoms with van der Waals surface area (Å²) >= 11 is 5.98. The molecule has 0 radical (unpaired) electrons. The van der Waals surface area contributed by atoms with Crippen molar-refractivity contribution < 1.29 is 0 Å². The van der Waals surface area contributed by atoms with Gasteiger partial charge in [0, 0.05) is 11.9 Å². The molecule has 0 aliphatic carbocycles. The highest BCUT2D eigenvalue weighted by Gasteiger charge is 2.05. The summed E-state index contributed by atoms with van der Waals surface area (Å²) in [7, 11) is 0. The second-order valence-corrected chi connectivity index (χ2v) is 5.36. The van der Waals surface area contributed by atoms with E-state index >= 15 is 0 Å². The Morgan fingerprint density at radius 1 is 1.05 bits per heavy atom. The van der Waals surface area contributed by atoms with Gasteiger partial charge in [0.2, 0.25) is 5.28 Å². The molecule has 0 unspecified atom stereocenters. The molecule has 0 amide bonds. The van der Waals surface area contributed by atoms with Crippen LogP contribution in [0.4, 0.5) is 5.82 Å². The van der Waals surface area contributed by atoms with E-state index in [-0.39, 0.29) is 5.28 Å². The van der Waals surface area contributed by atoms with Crippen molar-refractivity contribution in [3.05, 3.63) is 64.9 Å². The number of fused-ring (bicyclic) bond motifs is 1. The number of hydrogen-bond donors (Lipinski definition) is 1. The third kappa shape index (κ3) is 3.31. The van der Waals surface area contributed by atoms with Crippen molar-refractivity contribution >= 4 is 28.3 Å². The SMILES string of the molecule is Cc1cccc(CCNc2nc(Cl)nc3ccccc23)c1. The lowest BCUT2D eigenvalue weighted by molar-refractivity contribution is 1.00. The smallest absolute Gasteiger partial charge is 0.224 e. The van der Waals surface area contributed by atoms with E-state index < -0.39 is 0 Å². The van der Waals surface area contributed by atoms with Gasteiger partial charge in [0.1, 0.15) is 5.82 Å². The summed E-state index contributed by atoms with van der Waals surface area (Å²) in [5.74, 6) is 0.790. The van der Waals surface area contributed by atoms with Crippen molar-refractivity contribution in [2.45, 2.75) is 13.3 Å². The van der Waals surface area contributed by atoms with E-state index in [1.807, 2.05) is 24.3 Å². The summed E-state index contributed by atoms with van der Waals surface area (Å²) in [6, 6.07) is 16.4. The lowest BCUT2D eigenvalue weighted by Crippen LogP contribution is -2.07. The van der Waals surface area contributed by atoms with Gasteiger partial charge in [0.05, 0.1) is 5.52 Å². The zero-order chi connectivity index (χ0) is 14.7. The zero-order valence-corrected chi connectivity index (χ0v) is 12.6. The van der Waals surface area contributed by atoms with Crippen molar-refractivity contribution in [2.75, 3.05) is 11.9 Å². The fourth-order valence-electron chi connectivity index (χ4n) is 2.38. The minimum absolute atomic E-state index is 0.270. The average Bonchev–Trinajstić information content (AvgIpc) is 2.47. The standard InChI is InChI=1S/C17H16ClN3/c1-12-5-4-6-13(11-12)9-10-19-16-14-7-2-3-8-15(14)20-17(18)21-16/h2-8,11H,9-10H2,1H3,(H,19,20,21). The normalized spacial score (nSPS) is 10.8. The minimum atomic E-state index is 0.270. The van der Waals surface area contributed by atoms with E-state index in [9.17, 15) is 0 Å². The third-order valence-corrected chi connectivity index (χ3v) is 3.53. The van der Waals surface area contributed by atoms with Crippen molar-refractivity contribution in [1.82, 2.24) is 9.97 Å². The second kappa shape index (κ2) is 6.10. The number of aromatic nitrogens is 2. The molecule has 2 aromatic carbocycles. The van der Waals surface area contributed by atoms with Crippen LogP contribution in [0.1, 0.15) is 11.1 Å². The Labute approximate surface area is 129 Å². The van der Waals surface area contributed by atoms with E-state index in [0.29, 0.717) is 0 Å². The summed E-state index contributed by atoms with van der Waals surface area (Å²) in [6.45, 7) is 2.91. The minimum Gasteiger partial charge on any atom is -0.369 e. The Morgan fingerprint density at radius 3 is 2.76 bits per heavy atom. The Bertz CT molecular complexity index is 771. The maximum absolute atomic E-state index is 5.98. The number of aryl methyl sites for hydroxylation is 1. The van der Waals surface area contributed by atoms with Crippen LogP contribution in [0, 0.1) is 6.92 Å². The van der Waals surface area contributed by atoms with E-state index in [1.54, 1.807) is 0 Å². The number of rotatable bonds is 4. The fourth-order valence-corrected chi connectivity index (χ4v) is 2.55. The highest BCUT2D eigenvalue weighted by atomic mass is 35.5. The van der Waals surface area contributed by atoms with Crippen LogP contribution >= 0.6 is 11.6 Å². The fraction of sp³-hybridized carbons (Fsp3) is 0.176. The zero-order valence-electron chi connectivity index (χ0n) is 11.8. The van der Waals surface area contributed by atoms with Crippen molar-refractivity contribution in [1.29, 1.82) is 0 Å². The predicted molar refractivity (Wildman–Crippen MR) is 87.9 cm³/mol. The van der Waals surface area contributed by atoms with Gasteiger partial charge in [0.25, 0.3) is 0 Å². The summed E-state index contributed by atoms with van der Waals surface area (Å²) in [5, 5.41) is 4.62. The number of nitrogens with one attached hydrogen (secondary N) is 1. The molecule has 0 saturated heterocycles. The van der Waals surface area contributed by atoms with E-state index in [1.165, 1.54) is 11.1 Å². The quantitative estimate of drug-likeness (QED) is 0.732. The number of benzene rings is 2. The molecule has 3 nitrogen and oxygen atoms in total. The van der Waals surface area contributed by atoms with Crippen LogP contribution in [0.5, 0.6) is 0 Å². The molecule has 0 spiro atoms. The first-order valence-corrected chi connectivity index (χ1v) is 7.32. The number of halogens is 1. The molecule has 0 saturated carbocycles. The van der Waals surface area contributed by atoms with Gasteiger partial charge in [-0.2, -0.15) is 0 Å². The van der Waals surface area contributed by atoms with Crippen LogP contribution in [0.15, 0.2) is 48.5 Å². The van der Waals surface area contributed by atoms with E-state index in [2.05, 4.69) is 46.5 Å². The van der Waals surface area contributed by atoms with Gasteiger partial charge in [0.15, 0.2) is 0 Å². The molecule has 106 valence electrons. The second-order valence-electron chi connectivity index (χ2n) is 5.02. The number of hydrogen-bond acceptors (Lipinski definition) is 3. The molecule has 0 atom stereocenters. The topological polar surface area (TPSA) is 37.8 Å². The molecule has 0 fully saturated rings. The van der Waals surface area contributed by atoms with Crippen LogP contribution in [0.25, 0.3) is 10.9 Å². The molecular weight excluding hydrogens is 282 g/mol. The third-order valence-electron chi connectivity index (χ3n) is 3.36. The number of para-hydroxylation sites is 1. The van der Waals surface area contributed by atoms with Gasteiger partial charge >= 0.3 is 0 Å². The van der Waals surface area contributed by atoms with Gasteiger partial charge in [-0.15, -0.1) is 0 Å². The molecule has 1 aromatic heterocycles. The first-order chi connectivity index (χ1) is 10.2. The number of anilines is 1. The molecule has 1 heterocycles. The van der Waals surface area contributed by atoms with Crippen LogP contribution in [0.2, 0.25) is 5.28 Å². The maximum Gasteiger partial charge on any atom is 0.224 e. The maximum atomic E-state index is 5.98. The summed E-state index contributed by atoms with van der Waals surface area (Å²) in [4.78, 5) is 8.52. The van der Waals surface area contributed by atoms with Crippen molar-refractivity contribution in [3.63, 3.8) is 0 Å². The largest absolute Gasteiger partial charge is 0.369 e. The van der Waals surface area contributed by atoms with E-state index in [4.69, 9.17) is 11.6 Å². The highest BCUT2D eigenvalue weighted by Crippen LogP contribution is 2.21. The molecule has 0 aliphatic rings. The molecule has 4 heteroatoms. The van der Waals surface area contributed by atoms with Crippen LogP contribution in [-0.2, 0) is 6.42 Å². The van der Waals surface area contributed by atoms with E-state index in [0.717, 1.165) is 29.7 Å². The Morgan fingerprint density at radius 2 is 1.90 bits per heavy atom. The highest BCUT2D eigenvalue weighted by molar-refractivity contribution is 6.28. The molecule has 0 bridgehead atoms. The lowest BCUT2D eigenvalue weighted by atomic mass is 10.1. The molecular formula is C17H16ClN3. The van der Waals surface area contributed by atoms with Crippen molar-refractivity contribution in [3.8, 4) is 0 Å². The summed E-state index contributed by atoms with van der Waals surface area (Å²) < 4.78 is 0. The van der Waals surface area contributed by atoms with Crippen LogP contribution in [0.3, 0.4) is 0 Å². The van der Waals surface area contributed by atoms with Gasteiger partial charge in [-0.1, -0.05) is 42.0 Å². The van der Waals surface area contributed by atoms with Crippen LogP contribution in [-0.4, -0.2) is 16.5 Å². The van der Waals surface area contributed by atoms with Gasteiger partial charge < -0.3 is 5.32 Å². The molecule has 0 aliphatic heterocycles. The lowest BCUT2D eigenvalue weighted by Gasteiger charge is -2.09. The van der Waals surface area contributed by atoms with Gasteiger partial charge in [-0.05, 0) is 42.6 Å².